The van der Waals surface area contributed by atoms with Crippen LogP contribution in [0.15, 0.2) is 29.1 Å². The van der Waals surface area contributed by atoms with Gasteiger partial charge in [-0.2, -0.15) is 5.48 Å². The summed E-state index contributed by atoms with van der Waals surface area (Å²) in [5, 5.41) is 13.5. The van der Waals surface area contributed by atoms with Crippen molar-refractivity contribution in [1.29, 1.82) is 0 Å². The fourth-order valence-corrected chi connectivity index (χ4v) is 2.30. The predicted octanol–water partition coefficient (Wildman–Crippen LogP) is 1.09. The Morgan fingerprint density at radius 2 is 2.11 bits per heavy atom. The summed E-state index contributed by atoms with van der Waals surface area (Å²) in [7, 11) is 1.76. The quantitative estimate of drug-likeness (QED) is 0.571. The molecule has 0 unspecified atom stereocenters. The van der Waals surface area contributed by atoms with E-state index in [1.807, 2.05) is 12.1 Å². The molecule has 1 aliphatic rings. The monoisotopic (exact) mass is 260 g/mol. The standard InChI is InChI=1S/C14H17N3O2/c1-14(5-6-14)15-11-8-13(18)17(2)12-4-3-9(16-19)7-10(11)12/h3-4,7-8,15-16,19H,5-6H2,1-2H3/p+1. The van der Waals surface area contributed by atoms with E-state index in [9.17, 15) is 4.79 Å². The third-order valence-electron chi connectivity index (χ3n) is 3.86. The summed E-state index contributed by atoms with van der Waals surface area (Å²) in [5.41, 5.74) is 3.60. The van der Waals surface area contributed by atoms with Crippen molar-refractivity contribution < 1.29 is 10.7 Å². The van der Waals surface area contributed by atoms with Crippen LogP contribution in [0.25, 0.3) is 10.9 Å². The lowest BCUT2D eigenvalue weighted by Gasteiger charge is -2.16. The molecule has 1 aromatic carbocycles. The summed E-state index contributed by atoms with van der Waals surface area (Å²) in [6.07, 6.45) is 2.24. The summed E-state index contributed by atoms with van der Waals surface area (Å²) < 4.78 is 1.62. The van der Waals surface area contributed by atoms with Crippen LogP contribution in [-0.2, 0) is 7.05 Å². The minimum Gasteiger partial charge on any atom is -0.379 e. The van der Waals surface area contributed by atoms with Crippen LogP contribution in [0, 0.1) is 0 Å². The molecule has 3 rings (SSSR count). The maximum Gasteiger partial charge on any atom is 0.252 e. The number of hydrogen-bond donors (Lipinski definition) is 3. The highest BCUT2D eigenvalue weighted by atomic mass is 16.5. The molecule has 1 fully saturated rings. The SMILES string of the molecule is Cn1c(=O)cc(NC2(C)CC2)c2cc([NH2+]O)ccc21. The van der Waals surface area contributed by atoms with Gasteiger partial charge in [0.1, 0.15) is 0 Å². The average molecular weight is 260 g/mol. The molecule has 1 saturated carbocycles. The number of anilines is 1. The second kappa shape index (κ2) is 4.08. The molecule has 5 heteroatoms. The second-order valence-electron chi connectivity index (χ2n) is 5.55. The van der Waals surface area contributed by atoms with Crippen molar-refractivity contribution in [2.45, 2.75) is 25.3 Å². The van der Waals surface area contributed by atoms with Gasteiger partial charge in [-0.15, -0.1) is 0 Å². The van der Waals surface area contributed by atoms with Gasteiger partial charge in [-0.25, -0.2) is 5.21 Å². The molecule has 0 aliphatic heterocycles. The number of aryl methyl sites for hydroxylation is 1. The Hall–Kier alpha value is -1.85. The van der Waals surface area contributed by atoms with Crippen molar-refractivity contribution in [3.8, 4) is 0 Å². The van der Waals surface area contributed by atoms with Gasteiger partial charge in [-0.3, -0.25) is 4.79 Å². The topological polar surface area (TPSA) is 70.9 Å². The van der Waals surface area contributed by atoms with Crippen molar-refractivity contribution in [3.63, 3.8) is 0 Å². The van der Waals surface area contributed by atoms with E-state index in [0.717, 1.165) is 40.6 Å². The highest BCUT2D eigenvalue weighted by molar-refractivity contribution is 5.93. The van der Waals surface area contributed by atoms with Gasteiger partial charge in [0.25, 0.3) is 5.56 Å². The number of hydrogen-bond acceptors (Lipinski definition) is 3. The predicted molar refractivity (Wildman–Crippen MR) is 73.8 cm³/mol. The maximum atomic E-state index is 12.0. The summed E-state index contributed by atoms with van der Waals surface area (Å²) in [4.78, 5) is 12.0. The molecule has 0 bridgehead atoms. The molecular weight excluding hydrogens is 242 g/mol. The Morgan fingerprint density at radius 3 is 2.74 bits per heavy atom. The molecule has 0 spiro atoms. The van der Waals surface area contributed by atoms with Gasteiger partial charge in [-0.05, 0) is 25.8 Å². The highest BCUT2D eigenvalue weighted by Gasteiger charge is 2.37. The maximum absolute atomic E-state index is 12.0. The number of pyridine rings is 1. The van der Waals surface area contributed by atoms with Crippen LogP contribution in [-0.4, -0.2) is 15.3 Å². The van der Waals surface area contributed by atoms with Crippen LogP contribution >= 0.6 is 0 Å². The smallest absolute Gasteiger partial charge is 0.252 e. The first-order valence-electron chi connectivity index (χ1n) is 6.42. The van der Waals surface area contributed by atoms with Crippen molar-refractivity contribution in [3.05, 3.63) is 34.6 Å². The first-order chi connectivity index (χ1) is 9.02. The molecule has 0 saturated heterocycles. The number of nitrogens with one attached hydrogen (secondary N) is 1. The van der Waals surface area contributed by atoms with Crippen molar-refractivity contribution >= 4 is 22.3 Å². The Labute approximate surface area is 110 Å². The van der Waals surface area contributed by atoms with Crippen molar-refractivity contribution in [2.75, 3.05) is 5.32 Å². The fraction of sp³-hybridized carbons (Fsp3) is 0.357. The number of aromatic nitrogens is 1. The van der Waals surface area contributed by atoms with Crippen LogP contribution < -0.4 is 16.4 Å². The lowest BCUT2D eigenvalue weighted by molar-refractivity contribution is -0.825. The van der Waals surface area contributed by atoms with Crippen LogP contribution in [0.2, 0.25) is 0 Å². The molecule has 1 aliphatic carbocycles. The Kier molecular flexibility index (Phi) is 2.62. The normalized spacial score (nSPS) is 16.6. The van der Waals surface area contributed by atoms with Gasteiger partial charge in [0.05, 0.1) is 5.52 Å². The molecule has 0 radical (unpaired) electrons. The summed E-state index contributed by atoms with van der Waals surface area (Å²) in [6.45, 7) is 2.15. The molecule has 0 amide bonds. The minimum atomic E-state index is -0.0278. The Balaban J connectivity index is 2.23. The largest absolute Gasteiger partial charge is 0.379 e. The third kappa shape index (κ3) is 2.11. The van der Waals surface area contributed by atoms with Crippen LogP contribution in [0.3, 0.4) is 0 Å². The van der Waals surface area contributed by atoms with Gasteiger partial charge >= 0.3 is 0 Å². The molecule has 100 valence electrons. The van der Waals surface area contributed by atoms with Crippen LogP contribution in [0.1, 0.15) is 19.8 Å². The van der Waals surface area contributed by atoms with E-state index in [0.29, 0.717) is 0 Å². The zero-order chi connectivity index (χ0) is 13.6. The number of benzene rings is 1. The van der Waals surface area contributed by atoms with Crippen LogP contribution in [0.4, 0.5) is 11.4 Å². The number of fused-ring (bicyclic) bond motifs is 1. The van der Waals surface area contributed by atoms with E-state index in [2.05, 4.69) is 12.2 Å². The van der Waals surface area contributed by atoms with E-state index < -0.39 is 0 Å². The first-order valence-corrected chi connectivity index (χ1v) is 6.42. The Bertz CT molecular complexity index is 702. The molecule has 4 N–H and O–H groups in total. The molecule has 2 aromatic rings. The molecule has 1 heterocycles. The number of rotatable bonds is 3. The number of nitrogens with zero attached hydrogens (tertiary/aromatic N) is 1. The number of quaternary nitrogens is 1. The summed E-state index contributed by atoms with van der Waals surface area (Å²) >= 11 is 0. The third-order valence-corrected chi connectivity index (χ3v) is 3.86. The second-order valence-corrected chi connectivity index (χ2v) is 5.55. The fourth-order valence-electron chi connectivity index (χ4n) is 2.30. The lowest BCUT2D eigenvalue weighted by atomic mass is 10.1. The van der Waals surface area contributed by atoms with E-state index in [4.69, 9.17) is 5.21 Å². The zero-order valence-electron chi connectivity index (χ0n) is 11.1. The van der Waals surface area contributed by atoms with Gasteiger partial charge in [0.2, 0.25) is 0 Å². The molecule has 0 atom stereocenters. The van der Waals surface area contributed by atoms with E-state index in [1.54, 1.807) is 23.7 Å². The van der Waals surface area contributed by atoms with Gasteiger partial charge < -0.3 is 9.88 Å². The van der Waals surface area contributed by atoms with Crippen molar-refractivity contribution in [2.24, 2.45) is 7.05 Å². The zero-order valence-corrected chi connectivity index (χ0v) is 11.1. The van der Waals surface area contributed by atoms with Crippen LogP contribution in [0.5, 0.6) is 0 Å². The van der Waals surface area contributed by atoms with Gasteiger partial charge in [-0.1, -0.05) is 0 Å². The van der Waals surface area contributed by atoms with Gasteiger partial charge in [0.15, 0.2) is 5.69 Å². The number of nitrogens with two attached hydrogens (primary N) is 1. The van der Waals surface area contributed by atoms with Gasteiger partial charge in [0, 0.05) is 41.9 Å². The van der Waals surface area contributed by atoms with Crippen molar-refractivity contribution in [1.82, 2.24) is 4.57 Å². The molecule has 5 nitrogen and oxygen atoms in total. The average Bonchev–Trinajstić information content (AvgIpc) is 3.12. The first kappa shape index (κ1) is 12.2. The van der Waals surface area contributed by atoms with E-state index in [1.165, 1.54) is 0 Å². The summed E-state index contributed by atoms with van der Waals surface area (Å²) in [5.74, 6) is 0. The lowest BCUT2D eigenvalue weighted by Crippen LogP contribution is -2.73. The summed E-state index contributed by atoms with van der Waals surface area (Å²) in [6, 6.07) is 7.18. The molecule has 1 aromatic heterocycles. The highest BCUT2D eigenvalue weighted by Crippen LogP contribution is 2.39. The minimum absolute atomic E-state index is 0.0278. The Morgan fingerprint density at radius 1 is 1.37 bits per heavy atom. The van der Waals surface area contributed by atoms with E-state index >= 15 is 0 Å². The molecular formula is C14H18N3O2+. The van der Waals surface area contributed by atoms with E-state index in [-0.39, 0.29) is 11.1 Å². The molecule has 19 heavy (non-hydrogen) atoms.